The molecule has 4 rings (SSSR count). The van der Waals surface area contributed by atoms with Crippen LogP contribution < -0.4 is 16.0 Å². The maximum Gasteiger partial charge on any atom is 0.243 e. The third-order valence-electron chi connectivity index (χ3n) is 7.21. The number of benzene rings is 1. The van der Waals surface area contributed by atoms with Crippen molar-refractivity contribution in [1.29, 1.82) is 0 Å². The molecule has 8 heteroatoms. The third kappa shape index (κ3) is 5.67. The van der Waals surface area contributed by atoms with Crippen molar-refractivity contribution in [3.8, 4) is 0 Å². The first kappa shape index (κ1) is 24.4. The van der Waals surface area contributed by atoms with Gasteiger partial charge in [-0.15, -0.1) is 0 Å². The van der Waals surface area contributed by atoms with Crippen LogP contribution in [-0.4, -0.2) is 67.5 Å². The molecule has 3 N–H and O–H groups in total. The fourth-order valence-corrected chi connectivity index (χ4v) is 5.50. The number of halogens is 1. The molecule has 2 fully saturated rings. The number of nitrogens with one attached hydrogen (secondary N) is 3. The van der Waals surface area contributed by atoms with E-state index < -0.39 is 6.04 Å². The number of hydrogen-bond acceptors (Lipinski definition) is 6. The molecule has 1 saturated heterocycles. The number of likely N-dealkylation sites (N-methyl/N-ethyl adjacent to an activating group) is 1. The standard InChI is InChI=1S/C25H40FN5O2/c1-5-6-12-31-24(29-22(33-31)15-30(3)4)17-8-7-9-18(13-17)27-25(32)21-14-19-20(26)11-10-16(2)23(19)28-21/h10-11,17-18,21-22,24,28-29H,5-9,12-15H2,1-4H3,(H,27,32)/t17-,18+,21?,22?,24?/m1/s1. The molecule has 1 aromatic carbocycles. The van der Waals surface area contributed by atoms with Gasteiger partial charge < -0.3 is 15.5 Å². The molecule has 0 radical (unpaired) electrons. The van der Waals surface area contributed by atoms with E-state index in [4.69, 9.17) is 4.84 Å². The molecule has 33 heavy (non-hydrogen) atoms. The lowest BCUT2D eigenvalue weighted by atomic mass is 9.83. The van der Waals surface area contributed by atoms with Gasteiger partial charge in [0.25, 0.3) is 0 Å². The van der Waals surface area contributed by atoms with E-state index in [0.29, 0.717) is 17.9 Å². The van der Waals surface area contributed by atoms with Crippen LogP contribution in [0.1, 0.15) is 56.6 Å². The molecule has 0 bridgehead atoms. The van der Waals surface area contributed by atoms with Crippen LogP contribution in [0.25, 0.3) is 0 Å². The van der Waals surface area contributed by atoms with Gasteiger partial charge in [-0.3, -0.25) is 14.9 Å². The van der Waals surface area contributed by atoms with Gasteiger partial charge in [0.1, 0.15) is 18.1 Å². The molecular weight excluding hydrogens is 421 g/mol. The fraction of sp³-hybridized carbons (Fsp3) is 0.720. The van der Waals surface area contributed by atoms with Crippen LogP contribution >= 0.6 is 0 Å². The molecule has 1 aliphatic carbocycles. The number of hydroxylamine groups is 2. The summed E-state index contributed by atoms with van der Waals surface area (Å²) >= 11 is 0. The minimum atomic E-state index is -0.408. The molecule has 1 aromatic rings. The van der Waals surface area contributed by atoms with E-state index in [1.165, 1.54) is 6.07 Å². The van der Waals surface area contributed by atoms with E-state index in [1.807, 2.05) is 6.92 Å². The van der Waals surface area contributed by atoms with Gasteiger partial charge in [-0.2, -0.15) is 5.06 Å². The smallest absolute Gasteiger partial charge is 0.243 e. The van der Waals surface area contributed by atoms with Gasteiger partial charge in [-0.1, -0.05) is 25.8 Å². The number of anilines is 1. The summed E-state index contributed by atoms with van der Waals surface area (Å²) in [4.78, 5) is 21.4. The van der Waals surface area contributed by atoms with E-state index in [2.05, 4.69) is 46.9 Å². The number of carbonyl (C=O) groups excluding carboxylic acids is 1. The monoisotopic (exact) mass is 461 g/mol. The van der Waals surface area contributed by atoms with Crippen LogP contribution in [0.4, 0.5) is 10.1 Å². The summed E-state index contributed by atoms with van der Waals surface area (Å²) in [5.41, 5.74) is 2.39. The Morgan fingerprint density at radius 1 is 1.33 bits per heavy atom. The average molecular weight is 462 g/mol. The summed E-state index contributed by atoms with van der Waals surface area (Å²) in [6, 6.07) is 2.98. The second kappa shape index (κ2) is 10.7. The lowest BCUT2D eigenvalue weighted by molar-refractivity contribution is -0.174. The lowest BCUT2D eigenvalue weighted by Gasteiger charge is -2.36. The van der Waals surface area contributed by atoms with Crippen LogP contribution in [0, 0.1) is 18.7 Å². The Balaban J connectivity index is 1.35. The number of nitrogens with zero attached hydrogens (tertiary/aromatic N) is 2. The molecule has 1 saturated carbocycles. The van der Waals surface area contributed by atoms with Crippen molar-refractivity contribution < 1.29 is 14.0 Å². The zero-order chi connectivity index (χ0) is 23.5. The largest absolute Gasteiger partial charge is 0.373 e. The van der Waals surface area contributed by atoms with Crippen molar-refractivity contribution in [2.24, 2.45) is 5.92 Å². The SMILES string of the molecule is CCCCN1OC(CN(C)C)NC1[C@@H]1CCC[C@H](NC(=O)C2Cc3c(F)ccc(C)c3N2)C1. The van der Waals surface area contributed by atoms with Crippen molar-refractivity contribution in [3.63, 3.8) is 0 Å². The van der Waals surface area contributed by atoms with E-state index in [0.717, 1.165) is 62.9 Å². The molecule has 2 heterocycles. The van der Waals surface area contributed by atoms with Crippen LogP contribution in [0.15, 0.2) is 12.1 Å². The molecule has 3 aliphatic rings. The molecule has 184 valence electrons. The fourth-order valence-electron chi connectivity index (χ4n) is 5.50. The highest BCUT2D eigenvalue weighted by molar-refractivity contribution is 5.88. The molecular formula is C25H40FN5O2. The topological polar surface area (TPSA) is 68.9 Å². The number of fused-ring (bicyclic) bond motifs is 1. The van der Waals surface area contributed by atoms with Crippen molar-refractivity contribution in [3.05, 3.63) is 29.1 Å². The second-order valence-electron chi connectivity index (χ2n) is 10.2. The van der Waals surface area contributed by atoms with E-state index in [9.17, 15) is 9.18 Å². The summed E-state index contributed by atoms with van der Waals surface area (Å²) in [6.45, 7) is 5.89. The number of rotatable bonds is 8. The normalized spacial score (nSPS) is 29.8. The van der Waals surface area contributed by atoms with Crippen molar-refractivity contribution in [2.75, 3.05) is 32.5 Å². The van der Waals surface area contributed by atoms with Gasteiger partial charge >= 0.3 is 0 Å². The number of hydrogen-bond donors (Lipinski definition) is 3. The maximum absolute atomic E-state index is 14.2. The molecule has 5 atom stereocenters. The van der Waals surface area contributed by atoms with E-state index in [1.54, 1.807) is 6.07 Å². The summed E-state index contributed by atoms with van der Waals surface area (Å²) in [5, 5.41) is 12.4. The highest BCUT2D eigenvalue weighted by Gasteiger charge is 2.40. The van der Waals surface area contributed by atoms with Crippen LogP contribution in [0.5, 0.6) is 0 Å². The van der Waals surface area contributed by atoms with Gasteiger partial charge in [0, 0.05) is 36.8 Å². The number of amides is 1. The highest BCUT2D eigenvalue weighted by Crippen LogP contribution is 2.33. The Bertz CT molecular complexity index is 804. The number of unbranched alkanes of at least 4 members (excludes halogenated alkanes) is 1. The first-order chi connectivity index (χ1) is 15.9. The first-order valence-electron chi connectivity index (χ1n) is 12.5. The first-order valence-corrected chi connectivity index (χ1v) is 12.5. The van der Waals surface area contributed by atoms with E-state index in [-0.39, 0.29) is 30.2 Å². The number of carbonyl (C=O) groups is 1. The van der Waals surface area contributed by atoms with Gasteiger partial charge in [0.05, 0.1) is 6.17 Å². The van der Waals surface area contributed by atoms with Gasteiger partial charge in [0.2, 0.25) is 5.91 Å². The van der Waals surface area contributed by atoms with Crippen molar-refractivity contribution in [2.45, 2.75) is 83.3 Å². The Morgan fingerprint density at radius 2 is 2.15 bits per heavy atom. The average Bonchev–Trinajstić information content (AvgIpc) is 3.40. The van der Waals surface area contributed by atoms with E-state index >= 15 is 0 Å². The Hall–Kier alpha value is -1.74. The van der Waals surface area contributed by atoms with Gasteiger partial charge in [0.15, 0.2) is 0 Å². The minimum absolute atomic E-state index is 0.00356. The van der Waals surface area contributed by atoms with Crippen molar-refractivity contribution >= 4 is 11.6 Å². The Morgan fingerprint density at radius 3 is 2.88 bits per heavy atom. The second-order valence-corrected chi connectivity index (χ2v) is 10.2. The highest BCUT2D eigenvalue weighted by atomic mass is 19.1. The maximum atomic E-state index is 14.2. The predicted octanol–water partition coefficient (Wildman–Crippen LogP) is 3.00. The Labute approximate surface area is 197 Å². The quantitative estimate of drug-likeness (QED) is 0.553. The molecule has 0 aromatic heterocycles. The summed E-state index contributed by atoms with van der Waals surface area (Å²) in [6.07, 6.45) is 6.93. The zero-order valence-electron chi connectivity index (χ0n) is 20.5. The van der Waals surface area contributed by atoms with Crippen LogP contribution in [0.2, 0.25) is 0 Å². The molecule has 2 aliphatic heterocycles. The molecule has 0 spiro atoms. The van der Waals surface area contributed by atoms with Gasteiger partial charge in [-0.05, 0) is 64.3 Å². The van der Waals surface area contributed by atoms with Crippen molar-refractivity contribution in [1.82, 2.24) is 20.6 Å². The zero-order valence-corrected chi connectivity index (χ0v) is 20.5. The Kier molecular flexibility index (Phi) is 7.89. The number of aryl methyl sites for hydroxylation is 1. The van der Waals surface area contributed by atoms with Crippen LogP contribution in [-0.2, 0) is 16.1 Å². The van der Waals surface area contributed by atoms with Gasteiger partial charge in [-0.25, -0.2) is 4.39 Å². The predicted molar refractivity (Wildman–Crippen MR) is 128 cm³/mol. The molecule has 3 unspecified atom stereocenters. The lowest BCUT2D eigenvalue weighted by Crippen LogP contribution is -2.50. The minimum Gasteiger partial charge on any atom is -0.373 e. The summed E-state index contributed by atoms with van der Waals surface area (Å²) < 4.78 is 14.2. The third-order valence-corrected chi connectivity index (χ3v) is 7.21. The summed E-state index contributed by atoms with van der Waals surface area (Å²) in [5.74, 6) is 0.156. The molecule has 1 amide bonds. The summed E-state index contributed by atoms with van der Waals surface area (Å²) in [7, 11) is 4.12. The molecule has 7 nitrogen and oxygen atoms in total. The van der Waals surface area contributed by atoms with Crippen LogP contribution in [0.3, 0.4) is 0 Å².